The quantitative estimate of drug-likeness (QED) is 0.701. The second-order valence-corrected chi connectivity index (χ2v) is 4.22. The van der Waals surface area contributed by atoms with Gasteiger partial charge in [-0.05, 0) is 24.1 Å². The van der Waals surface area contributed by atoms with Crippen LogP contribution in [0.4, 0.5) is 4.39 Å². The Bertz CT molecular complexity index is 380. The molecule has 0 atom stereocenters. The van der Waals surface area contributed by atoms with Crippen molar-refractivity contribution < 1.29 is 13.9 Å². The van der Waals surface area contributed by atoms with Crippen LogP contribution < -0.4 is 0 Å². The van der Waals surface area contributed by atoms with Gasteiger partial charge in [-0.15, -0.1) is 0 Å². The van der Waals surface area contributed by atoms with Crippen LogP contribution in [0, 0.1) is 5.82 Å². The summed E-state index contributed by atoms with van der Waals surface area (Å²) in [5, 5.41) is 0.299. The fourth-order valence-electron chi connectivity index (χ4n) is 1.40. The summed E-state index contributed by atoms with van der Waals surface area (Å²) in [6.45, 7) is 3.12. The van der Waals surface area contributed by atoms with E-state index >= 15 is 0 Å². The predicted octanol–water partition coefficient (Wildman–Crippen LogP) is 3.41. The summed E-state index contributed by atoms with van der Waals surface area (Å²) in [5.41, 5.74) is 0.661. The Morgan fingerprint density at radius 1 is 1.41 bits per heavy atom. The van der Waals surface area contributed by atoms with Gasteiger partial charge in [0, 0.05) is 24.5 Å². The van der Waals surface area contributed by atoms with Crippen molar-refractivity contribution in [1.82, 2.24) is 0 Å². The Morgan fingerprint density at radius 3 is 2.82 bits per heavy atom. The molecule has 0 aromatic heterocycles. The van der Waals surface area contributed by atoms with Gasteiger partial charge >= 0.3 is 0 Å². The number of rotatable bonds is 7. The second kappa shape index (κ2) is 7.41. The average Bonchev–Trinajstić information content (AvgIpc) is 2.28. The minimum atomic E-state index is -0.391. The van der Waals surface area contributed by atoms with E-state index in [1.165, 1.54) is 12.1 Å². The van der Waals surface area contributed by atoms with Crippen molar-refractivity contribution in [2.45, 2.75) is 26.2 Å². The average molecular weight is 259 g/mol. The van der Waals surface area contributed by atoms with E-state index in [0.717, 1.165) is 6.42 Å². The first-order chi connectivity index (χ1) is 8.13. The fourth-order valence-corrected chi connectivity index (χ4v) is 1.63. The van der Waals surface area contributed by atoms with Gasteiger partial charge in [-0.2, -0.15) is 0 Å². The lowest BCUT2D eigenvalue weighted by Gasteiger charge is -2.04. The van der Waals surface area contributed by atoms with Crippen LogP contribution in [0.1, 0.15) is 25.3 Å². The molecule has 0 radical (unpaired) electrons. The maximum absolute atomic E-state index is 12.8. The molecule has 0 bridgehead atoms. The first-order valence-electron chi connectivity index (χ1n) is 5.67. The molecule has 17 heavy (non-hydrogen) atoms. The Balaban J connectivity index is 2.40. The Labute approximate surface area is 106 Å². The second-order valence-electron chi connectivity index (χ2n) is 3.81. The number of carbonyl (C=O) groups is 1. The topological polar surface area (TPSA) is 26.3 Å². The highest BCUT2D eigenvalue weighted by atomic mass is 35.5. The highest BCUT2D eigenvalue weighted by Gasteiger charge is 2.08. The van der Waals surface area contributed by atoms with Crippen LogP contribution in [-0.4, -0.2) is 19.0 Å². The summed E-state index contributed by atoms with van der Waals surface area (Å²) in [7, 11) is 0. The van der Waals surface area contributed by atoms with E-state index in [0.29, 0.717) is 30.2 Å². The largest absolute Gasteiger partial charge is 0.381 e. The molecule has 1 rings (SSSR count). The molecular formula is C13H16ClFO2. The zero-order chi connectivity index (χ0) is 12.7. The lowest BCUT2D eigenvalue weighted by atomic mass is 10.1. The van der Waals surface area contributed by atoms with E-state index in [-0.39, 0.29) is 12.2 Å². The van der Waals surface area contributed by atoms with E-state index in [1.807, 2.05) is 6.92 Å². The maximum Gasteiger partial charge on any atom is 0.139 e. The van der Waals surface area contributed by atoms with Gasteiger partial charge < -0.3 is 4.74 Å². The number of hydrogen-bond donors (Lipinski definition) is 0. The number of ether oxygens (including phenoxy) is 1. The molecular weight excluding hydrogens is 243 g/mol. The van der Waals surface area contributed by atoms with Crippen LogP contribution in [-0.2, 0) is 16.0 Å². The smallest absolute Gasteiger partial charge is 0.139 e. The minimum absolute atomic E-state index is 0.0506. The molecule has 0 spiro atoms. The molecule has 94 valence electrons. The molecule has 0 aliphatic rings. The van der Waals surface area contributed by atoms with Gasteiger partial charge in [0.2, 0.25) is 0 Å². The van der Waals surface area contributed by atoms with Crippen molar-refractivity contribution in [1.29, 1.82) is 0 Å². The maximum atomic E-state index is 12.8. The van der Waals surface area contributed by atoms with Crippen molar-refractivity contribution >= 4 is 17.4 Å². The van der Waals surface area contributed by atoms with Crippen LogP contribution >= 0.6 is 11.6 Å². The molecule has 0 N–H and O–H groups in total. The van der Waals surface area contributed by atoms with E-state index in [4.69, 9.17) is 16.3 Å². The van der Waals surface area contributed by atoms with Crippen molar-refractivity contribution in [3.63, 3.8) is 0 Å². The van der Waals surface area contributed by atoms with Gasteiger partial charge in [-0.1, -0.05) is 24.6 Å². The summed E-state index contributed by atoms with van der Waals surface area (Å²) >= 11 is 5.83. The first-order valence-corrected chi connectivity index (χ1v) is 6.04. The number of halogens is 2. The summed E-state index contributed by atoms with van der Waals surface area (Å²) in [4.78, 5) is 11.6. The number of hydrogen-bond acceptors (Lipinski definition) is 2. The minimum Gasteiger partial charge on any atom is -0.381 e. The van der Waals surface area contributed by atoms with Crippen LogP contribution in [0.15, 0.2) is 18.2 Å². The molecule has 0 saturated heterocycles. The molecule has 0 amide bonds. The highest BCUT2D eigenvalue weighted by molar-refractivity contribution is 6.31. The highest BCUT2D eigenvalue weighted by Crippen LogP contribution is 2.18. The van der Waals surface area contributed by atoms with E-state index in [2.05, 4.69) is 0 Å². The normalized spacial score (nSPS) is 10.5. The third-order valence-corrected chi connectivity index (χ3v) is 2.63. The lowest BCUT2D eigenvalue weighted by molar-refractivity contribution is -0.119. The molecule has 2 nitrogen and oxygen atoms in total. The zero-order valence-corrected chi connectivity index (χ0v) is 10.6. The molecule has 0 aliphatic heterocycles. The SMILES string of the molecule is CCCOCCC(=O)Cc1ccc(F)cc1Cl. The molecule has 1 aromatic carbocycles. The van der Waals surface area contributed by atoms with Gasteiger partial charge in [0.1, 0.15) is 11.6 Å². The number of Topliss-reactive ketones (excluding diaryl/α,β-unsaturated/α-hetero) is 1. The third-order valence-electron chi connectivity index (χ3n) is 2.28. The van der Waals surface area contributed by atoms with Crippen molar-refractivity contribution in [2.24, 2.45) is 0 Å². The van der Waals surface area contributed by atoms with E-state index in [1.54, 1.807) is 6.07 Å². The summed E-state index contributed by atoms with van der Waals surface area (Å²) < 4.78 is 18.0. The standard InChI is InChI=1S/C13H16ClFO2/c1-2-6-17-7-5-12(16)8-10-3-4-11(15)9-13(10)14/h3-4,9H,2,5-8H2,1H3. The molecule has 0 heterocycles. The zero-order valence-electron chi connectivity index (χ0n) is 9.84. The van der Waals surface area contributed by atoms with Crippen LogP contribution in [0.25, 0.3) is 0 Å². The Hall–Kier alpha value is -0.930. The van der Waals surface area contributed by atoms with Gasteiger partial charge in [-0.3, -0.25) is 4.79 Å². The van der Waals surface area contributed by atoms with Crippen LogP contribution in [0.3, 0.4) is 0 Å². The van der Waals surface area contributed by atoms with Crippen molar-refractivity contribution in [2.75, 3.05) is 13.2 Å². The van der Waals surface area contributed by atoms with Crippen molar-refractivity contribution in [3.05, 3.63) is 34.6 Å². The molecule has 0 aliphatic carbocycles. The van der Waals surface area contributed by atoms with Crippen LogP contribution in [0.2, 0.25) is 5.02 Å². The van der Waals surface area contributed by atoms with E-state index in [9.17, 15) is 9.18 Å². The Kier molecular flexibility index (Phi) is 6.16. The third kappa shape index (κ3) is 5.29. The van der Waals surface area contributed by atoms with Crippen LogP contribution in [0.5, 0.6) is 0 Å². The lowest BCUT2D eigenvalue weighted by Crippen LogP contribution is -2.08. The van der Waals surface area contributed by atoms with Gasteiger partial charge in [-0.25, -0.2) is 4.39 Å². The molecule has 1 aromatic rings. The van der Waals surface area contributed by atoms with Crippen molar-refractivity contribution in [3.8, 4) is 0 Å². The molecule has 0 unspecified atom stereocenters. The number of ketones is 1. The van der Waals surface area contributed by atoms with E-state index < -0.39 is 5.82 Å². The molecule has 4 heteroatoms. The Morgan fingerprint density at radius 2 is 2.18 bits per heavy atom. The summed E-state index contributed by atoms with van der Waals surface area (Å²) in [5.74, 6) is -0.341. The summed E-state index contributed by atoms with van der Waals surface area (Å²) in [6.07, 6.45) is 1.54. The van der Waals surface area contributed by atoms with Gasteiger partial charge in [0.15, 0.2) is 0 Å². The number of benzene rings is 1. The van der Waals surface area contributed by atoms with Gasteiger partial charge in [0.25, 0.3) is 0 Å². The summed E-state index contributed by atoms with van der Waals surface area (Å²) in [6, 6.07) is 4.07. The monoisotopic (exact) mass is 258 g/mol. The number of carbonyl (C=O) groups excluding carboxylic acids is 1. The molecule has 0 saturated carbocycles. The predicted molar refractivity (Wildman–Crippen MR) is 65.8 cm³/mol. The fraction of sp³-hybridized carbons (Fsp3) is 0.462. The molecule has 0 fully saturated rings. The first kappa shape index (κ1) is 14.1. The van der Waals surface area contributed by atoms with Gasteiger partial charge in [0.05, 0.1) is 6.61 Å².